The number of nitrogens with zero attached hydrogens (tertiary/aromatic N) is 1. The zero-order valence-electron chi connectivity index (χ0n) is 12.3. The third-order valence-corrected chi connectivity index (χ3v) is 6.28. The normalized spacial score (nSPS) is 16.0. The van der Waals surface area contributed by atoms with Gasteiger partial charge in [0.25, 0.3) is 0 Å². The molecule has 0 N–H and O–H groups in total. The summed E-state index contributed by atoms with van der Waals surface area (Å²) in [4.78, 5) is -0.335. The average Bonchev–Trinajstić information content (AvgIpc) is 2.53. The van der Waals surface area contributed by atoms with Gasteiger partial charge in [-0.1, -0.05) is 28.1 Å². The van der Waals surface area contributed by atoms with E-state index in [1.165, 1.54) is 10.4 Å². The number of halogens is 4. The Morgan fingerprint density at radius 2 is 1.79 bits per heavy atom. The molecular weight excluding hydrogens is 407 g/mol. The van der Waals surface area contributed by atoms with Crippen LogP contribution >= 0.6 is 15.9 Å². The fraction of sp³-hybridized carbons (Fsp3) is 0.250. The van der Waals surface area contributed by atoms with Crippen molar-refractivity contribution in [1.82, 2.24) is 4.31 Å². The van der Waals surface area contributed by atoms with Crippen LogP contribution < -0.4 is 0 Å². The van der Waals surface area contributed by atoms with Gasteiger partial charge in [-0.25, -0.2) is 8.42 Å². The van der Waals surface area contributed by atoms with E-state index in [0.717, 1.165) is 27.7 Å². The maximum absolute atomic E-state index is 12.8. The highest BCUT2D eigenvalue weighted by molar-refractivity contribution is 9.10. The molecule has 2 aromatic rings. The summed E-state index contributed by atoms with van der Waals surface area (Å²) in [5.41, 5.74) is 0.935. The Kier molecular flexibility index (Phi) is 4.48. The van der Waals surface area contributed by atoms with Gasteiger partial charge in [0.15, 0.2) is 0 Å². The molecule has 1 aliphatic heterocycles. The molecule has 3 rings (SSSR count). The standard InChI is InChI=1S/C16H13BrF3NO2S/c17-14-5-4-12-10-21(7-6-11(12)8-14)24(22,23)15-3-1-2-13(9-15)16(18,19)20/h1-5,8-9H,6-7,10H2. The summed E-state index contributed by atoms with van der Waals surface area (Å²) in [6.07, 6.45) is -4.06. The Morgan fingerprint density at radius 1 is 1.04 bits per heavy atom. The maximum Gasteiger partial charge on any atom is 0.416 e. The van der Waals surface area contributed by atoms with Gasteiger partial charge in [-0.2, -0.15) is 17.5 Å². The average molecular weight is 420 g/mol. The summed E-state index contributed by atoms with van der Waals surface area (Å²) in [6, 6.07) is 9.44. The molecule has 0 bridgehead atoms. The van der Waals surface area contributed by atoms with Gasteiger partial charge in [0.05, 0.1) is 10.5 Å². The van der Waals surface area contributed by atoms with E-state index in [1.54, 1.807) is 0 Å². The molecule has 8 heteroatoms. The van der Waals surface area contributed by atoms with E-state index < -0.39 is 21.8 Å². The van der Waals surface area contributed by atoms with Crippen LogP contribution in [0.1, 0.15) is 16.7 Å². The summed E-state index contributed by atoms with van der Waals surface area (Å²) in [5, 5.41) is 0. The molecule has 128 valence electrons. The number of fused-ring (bicyclic) bond motifs is 1. The second-order valence-electron chi connectivity index (χ2n) is 5.53. The molecule has 0 unspecified atom stereocenters. The predicted octanol–water partition coefficient (Wildman–Crippen LogP) is 4.21. The lowest BCUT2D eigenvalue weighted by Gasteiger charge is -2.28. The van der Waals surface area contributed by atoms with Crippen molar-refractivity contribution in [1.29, 1.82) is 0 Å². The van der Waals surface area contributed by atoms with Crippen LogP contribution in [0.5, 0.6) is 0 Å². The van der Waals surface area contributed by atoms with Gasteiger partial charge in [-0.3, -0.25) is 0 Å². The Balaban J connectivity index is 1.93. The molecular formula is C16H13BrF3NO2S. The van der Waals surface area contributed by atoms with Gasteiger partial charge in [0.1, 0.15) is 0 Å². The minimum absolute atomic E-state index is 0.154. The molecule has 0 amide bonds. The summed E-state index contributed by atoms with van der Waals surface area (Å²) in [5.74, 6) is 0. The largest absolute Gasteiger partial charge is 0.416 e. The van der Waals surface area contributed by atoms with Gasteiger partial charge < -0.3 is 0 Å². The Labute approximate surface area is 146 Å². The van der Waals surface area contributed by atoms with Crippen LogP contribution in [0.2, 0.25) is 0 Å². The number of hydrogen-bond donors (Lipinski definition) is 0. The highest BCUT2D eigenvalue weighted by Gasteiger charge is 2.33. The molecule has 0 aromatic heterocycles. The molecule has 2 aromatic carbocycles. The van der Waals surface area contributed by atoms with Crippen LogP contribution in [0.3, 0.4) is 0 Å². The first kappa shape index (κ1) is 17.4. The molecule has 3 nitrogen and oxygen atoms in total. The second-order valence-corrected chi connectivity index (χ2v) is 8.38. The zero-order chi connectivity index (χ0) is 17.5. The van der Waals surface area contributed by atoms with Gasteiger partial charge in [0.2, 0.25) is 10.0 Å². The van der Waals surface area contributed by atoms with Crippen molar-refractivity contribution in [3.8, 4) is 0 Å². The summed E-state index contributed by atoms with van der Waals surface area (Å²) in [6.45, 7) is 0.392. The fourth-order valence-electron chi connectivity index (χ4n) is 2.68. The molecule has 0 fully saturated rings. The lowest BCUT2D eigenvalue weighted by atomic mass is 10.0. The van der Waals surface area contributed by atoms with Crippen LogP contribution in [-0.2, 0) is 29.2 Å². The van der Waals surface area contributed by atoms with Crippen LogP contribution in [0.25, 0.3) is 0 Å². The molecule has 0 atom stereocenters. The van der Waals surface area contributed by atoms with Crippen molar-refractivity contribution in [2.75, 3.05) is 6.54 Å². The number of sulfonamides is 1. The highest BCUT2D eigenvalue weighted by Crippen LogP contribution is 2.32. The monoisotopic (exact) mass is 419 g/mol. The van der Waals surface area contributed by atoms with Crippen molar-refractivity contribution in [2.45, 2.75) is 24.0 Å². The summed E-state index contributed by atoms with van der Waals surface area (Å²) >= 11 is 3.37. The quantitative estimate of drug-likeness (QED) is 0.730. The van der Waals surface area contributed by atoms with E-state index in [9.17, 15) is 21.6 Å². The van der Waals surface area contributed by atoms with E-state index in [4.69, 9.17) is 0 Å². The van der Waals surface area contributed by atoms with Gasteiger partial charge >= 0.3 is 6.18 Å². The highest BCUT2D eigenvalue weighted by atomic mass is 79.9. The van der Waals surface area contributed by atoms with Crippen molar-refractivity contribution in [3.63, 3.8) is 0 Å². The Hall–Kier alpha value is -1.38. The first-order valence-corrected chi connectivity index (χ1v) is 9.36. The van der Waals surface area contributed by atoms with Crippen molar-refractivity contribution in [2.24, 2.45) is 0 Å². The van der Waals surface area contributed by atoms with E-state index in [0.29, 0.717) is 12.5 Å². The lowest BCUT2D eigenvalue weighted by Crippen LogP contribution is -2.36. The summed E-state index contributed by atoms with van der Waals surface area (Å²) in [7, 11) is -3.98. The number of hydrogen-bond acceptors (Lipinski definition) is 2. The molecule has 24 heavy (non-hydrogen) atoms. The summed E-state index contributed by atoms with van der Waals surface area (Å²) < 4.78 is 66.0. The van der Waals surface area contributed by atoms with Gasteiger partial charge in [0, 0.05) is 17.6 Å². The van der Waals surface area contributed by atoms with E-state index in [-0.39, 0.29) is 18.0 Å². The number of benzene rings is 2. The second kappa shape index (κ2) is 6.16. The smallest absolute Gasteiger partial charge is 0.207 e. The molecule has 0 saturated carbocycles. The van der Waals surface area contributed by atoms with E-state index in [2.05, 4.69) is 15.9 Å². The van der Waals surface area contributed by atoms with Crippen molar-refractivity contribution in [3.05, 3.63) is 63.6 Å². The molecule has 0 saturated heterocycles. The van der Waals surface area contributed by atoms with Gasteiger partial charge in [-0.15, -0.1) is 0 Å². The van der Waals surface area contributed by atoms with Crippen LogP contribution in [0, 0.1) is 0 Å². The maximum atomic E-state index is 12.8. The first-order valence-electron chi connectivity index (χ1n) is 7.12. The topological polar surface area (TPSA) is 37.4 Å². The molecule has 0 spiro atoms. The van der Waals surface area contributed by atoms with Gasteiger partial charge in [-0.05, 0) is 47.9 Å². The van der Waals surface area contributed by atoms with Crippen molar-refractivity contribution < 1.29 is 21.6 Å². The number of alkyl halides is 3. The predicted molar refractivity (Wildman–Crippen MR) is 86.9 cm³/mol. The minimum Gasteiger partial charge on any atom is -0.207 e. The SMILES string of the molecule is O=S(=O)(c1cccc(C(F)(F)F)c1)N1CCc2cc(Br)ccc2C1. The van der Waals surface area contributed by atoms with E-state index in [1.807, 2.05) is 18.2 Å². The zero-order valence-corrected chi connectivity index (χ0v) is 14.7. The molecule has 0 radical (unpaired) electrons. The molecule has 1 aliphatic rings. The third kappa shape index (κ3) is 3.36. The molecule has 0 aliphatic carbocycles. The fourth-order valence-corrected chi connectivity index (χ4v) is 4.56. The Bertz CT molecular complexity index is 881. The minimum atomic E-state index is -4.58. The lowest BCUT2D eigenvalue weighted by molar-refractivity contribution is -0.137. The third-order valence-electron chi connectivity index (χ3n) is 3.94. The first-order chi connectivity index (χ1) is 11.2. The molecule has 1 heterocycles. The van der Waals surface area contributed by atoms with Crippen molar-refractivity contribution >= 4 is 26.0 Å². The van der Waals surface area contributed by atoms with Crippen LogP contribution in [0.4, 0.5) is 13.2 Å². The van der Waals surface area contributed by atoms with E-state index >= 15 is 0 Å². The Morgan fingerprint density at radius 3 is 2.50 bits per heavy atom. The number of rotatable bonds is 2. The van der Waals surface area contributed by atoms with Crippen LogP contribution in [-0.4, -0.2) is 19.3 Å². The van der Waals surface area contributed by atoms with Crippen LogP contribution in [0.15, 0.2) is 51.8 Å².